The van der Waals surface area contributed by atoms with Gasteiger partial charge in [0.25, 0.3) is 5.91 Å². The summed E-state index contributed by atoms with van der Waals surface area (Å²) in [4.78, 5) is 28.4. The third kappa shape index (κ3) is 7.83. The summed E-state index contributed by atoms with van der Waals surface area (Å²) in [6.45, 7) is 4.29. The molecule has 0 spiro atoms. The molecule has 4 atom stereocenters. The molecule has 0 fully saturated rings. The molecule has 0 saturated heterocycles. The predicted molar refractivity (Wildman–Crippen MR) is 194 cm³/mol. The second-order valence-electron chi connectivity index (χ2n) is 13.1. The van der Waals surface area contributed by atoms with Crippen molar-refractivity contribution in [1.82, 2.24) is 4.90 Å². The second-order valence-corrected chi connectivity index (χ2v) is 13.1. The number of anilines is 1. The number of carbonyl (C=O) groups excluding carboxylic acids is 1. The van der Waals surface area contributed by atoms with Gasteiger partial charge in [0.15, 0.2) is 0 Å². The van der Waals surface area contributed by atoms with Gasteiger partial charge in [-0.2, -0.15) is 0 Å². The minimum absolute atomic E-state index is 0.134. The fraction of sp³-hybridized carbons (Fsp3) is 0.317. The minimum Gasteiger partial charge on any atom is -0.497 e. The maximum absolute atomic E-state index is 15.0. The van der Waals surface area contributed by atoms with Crippen LogP contribution in [0.15, 0.2) is 109 Å². The van der Waals surface area contributed by atoms with Gasteiger partial charge in [-0.1, -0.05) is 86.6 Å². The van der Waals surface area contributed by atoms with Crippen molar-refractivity contribution in [3.63, 3.8) is 0 Å². The largest absolute Gasteiger partial charge is 0.497 e. The molecule has 1 aliphatic heterocycles. The molecule has 1 aliphatic rings. The van der Waals surface area contributed by atoms with Gasteiger partial charge in [0.1, 0.15) is 17.3 Å². The summed E-state index contributed by atoms with van der Waals surface area (Å²) in [6, 6.07) is 30.2. The summed E-state index contributed by atoms with van der Waals surface area (Å²) < 4.78 is 25.7. The van der Waals surface area contributed by atoms with Gasteiger partial charge in [0.2, 0.25) is 0 Å². The summed E-state index contributed by atoms with van der Waals surface area (Å²) in [6.07, 6.45) is -2.75. The number of rotatable bonds is 15. The van der Waals surface area contributed by atoms with Crippen molar-refractivity contribution >= 4 is 23.1 Å². The fourth-order valence-corrected chi connectivity index (χ4v) is 7.32. The number of carboxylic acids is 1. The van der Waals surface area contributed by atoms with Crippen LogP contribution in [-0.2, 0) is 15.1 Å². The smallest absolute Gasteiger partial charge is 0.305 e. The Labute approximate surface area is 298 Å². The Balaban J connectivity index is 1.78. The number of aliphatic carboxylic acids is 1. The number of aliphatic hydroxyl groups is 2. The lowest BCUT2D eigenvalue weighted by molar-refractivity contribution is -0.139. The van der Waals surface area contributed by atoms with E-state index in [0.29, 0.717) is 33.9 Å². The number of carboxylic acid groups (broad SMARTS) is 1. The highest BCUT2D eigenvalue weighted by Gasteiger charge is 2.56. The maximum Gasteiger partial charge on any atom is 0.305 e. The lowest BCUT2D eigenvalue weighted by Crippen LogP contribution is -2.51. The molecule has 4 aromatic rings. The number of aliphatic hydroxyl groups excluding tert-OH is 2. The number of halogens is 1. The molecule has 51 heavy (non-hydrogen) atoms. The molecular formula is C41H45FN2O7. The van der Waals surface area contributed by atoms with Gasteiger partial charge in [0.05, 0.1) is 44.1 Å². The Morgan fingerprint density at radius 3 is 2.08 bits per heavy atom. The fourth-order valence-electron chi connectivity index (χ4n) is 7.32. The van der Waals surface area contributed by atoms with E-state index >= 15 is 0 Å². The van der Waals surface area contributed by atoms with Crippen LogP contribution in [0.5, 0.6) is 11.5 Å². The monoisotopic (exact) mass is 696 g/mol. The number of benzene rings is 4. The van der Waals surface area contributed by atoms with Crippen LogP contribution in [-0.4, -0.2) is 71.1 Å². The summed E-state index contributed by atoms with van der Waals surface area (Å²) in [5, 5.41) is 33.8. The third-order valence-electron chi connectivity index (χ3n) is 9.40. The van der Waals surface area contributed by atoms with Crippen LogP contribution in [0.3, 0.4) is 0 Å². The Morgan fingerprint density at radius 2 is 1.49 bits per heavy atom. The Hall–Kier alpha value is -5.03. The number of amides is 1. The number of nitrogens with one attached hydrogen (secondary N) is 1. The molecule has 4 N–H and O–H groups in total. The zero-order valence-corrected chi connectivity index (χ0v) is 29.3. The van der Waals surface area contributed by atoms with Crippen molar-refractivity contribution in [3.8, 4) is 11.5 Å². The van der Waals surface area contributed by atoms with E-state index in [4.69, 9.17) is 9.47 Å². The maximum atomic E-state index is 15.0. The van der Waals surface area contributed by atoms with E-state index in [2.05, 4.69) is 10.2 Å². The number of hydrogen-bond donors (Lipinski definition) is 4. The number of nitrogens with zero attached hydrogens (tertiary/aromatic N) is 1. The lowest BCUT2D eigenvalue weighted by Gasteiger charge is -2.46. The molecule has 9 nitrogen and oxygen atoms in total. The minimum atomic E-state index is -1.23. The van der Waals surface area contributed by atoms with Gasteiger partial charge in [0, 0.05) is 24.2 Å². The van der Waals surface area contributed by atoms with E-state index < -0.39 is 42.0 Å². The van der Waals surface area contributed by atoms with E-state index in [1.54, 1.807) is 37.4 Å². The van der Waals surface area contributed by atoms with Crippen molar-refractivity contribution in [2.45, 2.75) is 56.9 Å². The number of hydrogen-bond acceptors (Lipinski definition) is 7. The van der Waals surface area contributed by atoms with Gasteiger partial charge in [-0.3, -0.25) is 14.5 Å². The molecule has 1 amide bonds. The molecule has 4 unspecified atom stereocenters. The first-order valence-corrected chi connectivity index (χ1v) is 17.0. The molecule has 5 rings (SSSR count). The van der Waals surface area contributed by atoms with Crippen molar-refractivity contribution in [1.29, 1.82) is 0 Å². The quantitative estimate of drug-likeness (QED) is 0.111. The van der Waals surface area contributed by atoms with E-state index in [0.717, 1.165) is 11.1 Å². The summed E-state index contributed by atoms with van der Waals surface area (Å²) >= 11 is 0. The van der Waals surface area contributed by atoms with Crippen LogP contribution in [0.25, 0.3) is 5.57 Å². The first-order chi connectivity index (χ1) is 24.5. The molecule has 4 aromatic carbocycles. The van der Waals surface area contributed by atoms with Crippen molar-refractivity contribution < 1.29 is 38.8 Å². The van der Waals surface area contributed by atoms with Crippen molar-refractivity contribution in [3.05, 3.63) is 131 Å². The number of methoxy groups -OCH3 is 2. The van der Waals surface area contributed by atoms with Gasteiger partial charge in [-0.15, -0.1) is 0 Å². The SMILES string of the molecule is COc1ccc(NC(=O)C2=C(c3ccccc3)C(c3ccccc3)(c3ccc(F)cc3)N(CCC(O)CC(O)CC(=O)O)C2C(C)C)c(OC)c1. The molecule has 0 aliphatic carbocycles. The van der Waals surface area contributed by atoms with Gasteiger partial charge in [-0.25, -0.2) is 4.39 Å². The van der Waals surface area contributed by atoms with Crippen LogP contribution in [0, 0.1) is 11.7 Å². The highest BCUT2D eigenvalue weighted by Crippen LogP contribution is 2.56. The molecule has 10 heteroatoms. The molecule has 0 saturated carbocycles. The second kappa shape index (κ2) is 16.3. The summed E-state index contributed by atoms with van der Waals surface area (Å²) in [5.41, 5.74) is 2.78. The van der Waals surface area contributed by atoms with E-state index in [1.165, 1.54) is 19.2 Å². The normalized spacial score (nSPS) is 18.8. The van der Waals surface area contributed by atoms with Crippen LogP contribution in [0.4, 0.5) is 10.1 Å². The predicted octanol–water partition coefficient (Wildman–Crippen LogP) is 6.50. The number of ether oxygens (including phenoxy) is 2. The zero-order valence-electron chi connectivity index (χ0n) is 29.3. The van der Waals surface area contributed by atoms with Crippen LogP contribution in [0.2, 0.25) is 0 Å². The van der Waals surface area contributed by atoms with Crippen LogP contribution < -0.4 is 14.8 Å². The van der Waals surface area contributed by atoms with E-state index in [9.17, 15) is 29.3 Å². The first-order valence-electron chi connectivity index (χ1n) is 17.0. The van der Waals surface area contributed by atoms with E-state index in [1.807, 2.05) is 74.5 Å². The standard InChI is InChI=1S/C41H45FN2O7/c1-26(2)39-37(40(49)43-34-20-19-33(50-3)25-35(34)51-4)38(27-11-7-5-8-12-27)41(28-13-9-6-10-14-28,29-15-17-30(42)18-16-29)44(39)22-21-31(45)23-32(46)24-36(47)48/h5-20,25-26,31-32,39,45-46H,21-24H2,1-4H3,(H,43,49)(H,47,48). The molecular weight excluding hydrogens is 651 g/mol. The summed E-state index contributed by atoms with van der Waals surface area (Å²) in [5.74, 6) is -1.11. The Kier molecular flexibility index (Phi) is 11.9. The third-order valence-corrected chi connectivity index (χ3v) is 9.40. The molecule has 0 aromatic heterocycles. The average Bonchev–Trinajstić information content (AvgIpc) is 3.43. The van der Waals surface area contributed by atoms with E-state index in [-0.39, 0.29) is 31.2 Å². The topological polar surface area (TPSA) is 129 Å². The lowest BCUT2D eigenvalue weighted by atomic mass is 9.73. The van der Waals surface area contributed by atoms with Crippen molar-refractivity contribution in [2.24, 2.45) is 5.92 Å². The molecule has 0 radical (unpaired) electrons. The van der Waals surface area contributed by atoms with Crippen molar-refractivity contribution in [2.75, 3.05) is 26.1 Å². The average molecular weight is 697 g/mol. The zero-order chi connectivity index (χ0) is 36.7. The molecule has 1 heterocycles. The highest BCUT2D eigenvalue weighted by atomic mass is 19.1. The van der Waals surface area contributed by atoms with Gasteiger partial charge >= 0.3 is 5.97 Å². The first kappa shape index (κ1) is 37.2. The highest BCUT2D eigenvalue weighted by molar-refractivity contribution is 6.13. The van der Waals surface area contributed by atoms with Crippen LogP contribution >= 0.6 is 0 Å². The van der Waals surface area contributed by atoms with Gasteiger partial charge in [-0.05, 0) is 65.3 Å². The van der Waals surface area contributed by atoms with Gasteiger partial charge < -0.3 is 30.1 Å². The summed E-state index contributed by atoms with van der Waals surface area (Å²) in [7, 11) is 3.06. The molecule has 0 bridgehead atoms. The van der Waals surface area contributed by atoms with Crippen LogP contribution in [0.1, 0.15) is 49.8 Å². The Morgan fingerprint density at radius 1 is 0.863 bits per heavy atom. The Bertz CT molecular complexity index is 1830. The molecule has 268 valence electrons. The number of carbonyl (C=O) groups is 2.